The molecule has 0 aliphatic carbocycles. The lowest BCUT2D eigenvalue weighted by Crippen LogP contribution is -2.41. The Morgan fingerprint density at radius 1 is 1.21 bits per heavy atom. The average Bonchev–Trinajstić information content (AvgIpc) is 2.68. The minimum Gasteiger partial charge on any atom is -0.468 e. The number of rotatable bonds is 3. The van der Waals surface area contributed by atoms with Crippen LogP contribution in [-0.2, 0) is 20.8 Å². The summed E-state index contributed by atoms with van der Waals surface area (Å²) >= 11 is 0. The minimum atomic E-state index is -0.511. The standard InChI is InChI=1S/C21H27N3O5/c1-21(2,3)29-20(27)23-9-7-14(8-10-23)15-5-6-17-16(11-15)19(26)24(13-22-17)12-18(25)28-4/h5-6,11,13-14H,7-10,12H2,1-4H3. The summed E-state index contributed by atoms with van der Waals surface area (Å²) in [5.74, 6) is -0.259. The number of hydrogen-bond acceptors (Lipinski definition) is 6. The van der Waals surface area contributed by atoms with Crippen molar-refractivity contribution in [1.82, 2.24) is 14.5 Å². The third-order valence-corrected chi connectivity index (χ3v) is 4.99. The van der Waals surface area contributed by atoms with Gasteiger partial charge in [-0.25, -0.2) is 9.78 Å². The lowest BCUT2D eigenvalue weighted by molar-refractivity contribution is -0.141. The number of methoxy groups -OCH3 is 1. The number of carbonyl (C=O) groups is 2. The minimum absolute atomic E-state index is 0.170. The summed E-state index contributed by atoms with van der Waals surface area (Å²) in [6, 6.07) is 5.66. The van der Waals surface area contributed by atoms with Crippen molar-refractivity contribution in [3.05, 3.63) is 40.4 Å². The summed E-state index contributed by atoms with van der Waals surface area (Å²) in [5, 5.41) is 0.475. The second-order valence-electron chi connectivity index (χ2n) is 8.27. The number of hydrogen-bond donors (Lipinski definition) is 0. The van der Waals surface area contributed by atoms with E-state index in [1.807, 2.05) is 39.0 Å². The smallest absolute Gasteiger partial charge is 0.410 e. The molecular weight excluding hydrogens is 374 g/mol. The lowest BCUT2D eigenvalue weighted by Gasteiger charge is -2.33. The van der Waals surface area contributed by atoms with Gasteiger partial charge < -0.3 is 14.4 Å². The van der Waals surface area contributed by atoms with Crippen LogP contribution >= 0.6 is 0 Å². The van der Waals surface area contributed by atoms with Gasteiger partial charge in [-0.2, -0.15) is 0 Å². The van der Waals surface area contributed by atoms with Gasteiger partial charge in [0.15, 0.2) is 0 Å². The molecule has 1 aliphatic heterocycles. The van der Waals surface area contributed by atoms with Crippen LogP contribution in [0.5, 0.6) is 0 Å². The molecular formula is C21H27N3O5. The van der Waals surface area contributed by atoms with E-state index in [9.17, 15) is 14.4 Å². The van der Waals surface area contributed by atoms with Gasteiger partial charge in [0, 0.05) is 13.1 Å². The summed E-state index contributed by atoms with van der Waals surface area (Å²) in [4.78, 5) is 42.5. The zero-order valence-electron chi connectivity index (χ0n) is 17.3. The predicted octanol–water partition coefficient (Wildman–Crippen LogP) is 2.68. The van der Waals surface area contributed by atoms with E-state index in [0.29, 0.717) is 24.0 Å². The topological polar surface area (TPSA) is 90.7 Å². The number of benzene rings is 1. The second kappa shape index (κ2) is 8.23. The Labute approximate surface area is 169 Å². The van der Waals surface area contributed by atoms with E-state index in [2.05, 4.69) is 9.72 Å². The van der Waals surface area contributed by atoms with E-state index < -0.39 is 11.6 Å². The van der Waals surface area contributed by atoms with E-state index >= 15 is 0 Å². The molecule has 0 bridgehead atoms. The van der Waals surface area contributed by atoms with Crippen molar-refractivity contribution in [1.29, 1.82) is 0 Å². The average molecular weight is 401 g/mol. The first kappa shape index (κ1) is 20.8. The molecule has 2 heterocycles. The number of aromatic nitrogens is 2. The van der Waals surface area contributed by atoms with Crippen LogP contribution in [0.4, 0.5) is 4.79 Å². The van der Waals surface area contributed by atoms with Crippen LogP contribution in [0.3, 0.4) is 0 Å². The fourth-order valence-electron chi connectivity index (χ4n) is 3.47. The molecule has 0 unspecified atom stereocenters. The Morgan fingerprint density at radius 3 is 2.52 bits per heavy atom. The number of carbonyl (C=O) groups excluding carboxylic acids is 2. The van der Waals surface area contributed by atoms with Crippen molar-refractivity contribution in [2.24, 2.45) is 0 Å². The summed E-state index contributed by atoms with van der Waals surface area (Å²) in [6.07, 6.45) is 2.66. The molecule has 1 aromatic carbocycles. The highest BCUT2D eigenvalue weighted by atomic mass is 16.6. The zero-order valence-corrected chi connectivity index (χ0v) is 17.3. The summed E-state index contributed by atoms with van der Waals surface area (Å²) in [5.41, 5.74) is 0.846. The molecule has 0 spiro atoms. The van der Waals surface area contributed by atoms with E-state index in [-0.39, 0.29) is 24.1 Å². The van der Waals surface area contributed by atoms with E-state index in [1.165, 1.54) is 18.0 Å². The molecule has 8 heteroatoms. The molecule has 156 valence electrons. The third-order valence-electron chi connectivity index (χ3n) is 4.99. The fourth-order valence-corrected chi connectivity index (χ4v) is 3.47. The van der Waals surface area contributed by atoms with Crippen molar-refractivity contribution < 1.29 is 19.1 Å². The second-order valence-corrected chi connectivity index (χ2v) is 8.27. The first-order valence-electron chi connectivity index (χ1n) is 9.72. The van der Waals surface area contributed by atoms with Crippen molar-refractivity contribution in [2.45, 2.75) is 51.7 Å². The Kier molecular flexibility index (Phi) is 5.91. The molecule has 0 saturated carbocycles. The fraction of sp³-hybridized carbons (Fsp3) is 0.524. The van der Waals surface area contributed by atoms with Gasteiger partial charge in [0.05, 0.1) is 24.3 Å². The quantitative estimate of drug-likeness (QED) is 0.735. The summed E-state index contributed by atoms with van der Waals surface area (Å²) in [7, 11) is 1.28. The number of fused-ring (bicyclic) bond motifs is 1. The Hall–Kier alpha value is -2.90. The highest BCUT2D eigenvalue weighted by molar-refractivity contribution is 5.78. The molecule has 1 saturated heterocycles. The maximum Gasteiger partial charge on any atom is 0.410 e. The number of amides is 1. The summed E-state index contributed by atoms with van der Waals surface area (Å²) < 4.78 is 11.3. The van der Waals surface area contributed by atoms with Crippen molar-refractivity contribution in [3.63, 3.8) is 0 Å². The molecule has 3 rings (SSSR count). The highest BCUT2D eigenvalue weighted by Gasteiger charge is 2.27. The van der Waals surface area contributed by atoms with Gasteiger partial charge in [-0.3, -0.25) is 14.2 Å². The Balaban J connectivity index is 1.75. The van der Waals surface area contributed by atoms with Crippen LogP contribution in [0, 0.1) is 0 Å². The van der Waals surface area contributed by atoms with Gasteiger partial charge >= 0.3 is 12.1 Å². The van der Waals surface area contributed by atoms with Gasteiger partial charge in [-0.1, -0.05) is 6.07 Å². The maximum absolute atomic E-state index is 12.7. The third kappa shape index (κ3) is 4.93. The predicted molar refractivity (Wildman–Crippen MR) is 108 cm³/mol. The van der Waals surface area contributed by atoms with E-state index in [0.717, 1.165) is 18.4 Å². The largest absolute Gasteiger partial charge is 0.468 e. The molecule has 1 fully saturated rings. The lowest BCUT2D eigenvalue weighted by atomic mass is 9.89. The van der Waals surface area contributed by atoms with Crippen LogP contribution in [-0.4, -0.2) is 52.3 Å². The van der Waals surface area contributed by atoms with Crippen LogP contribution in [0.25, 0.3) is 10.9 Å². The number of ether oxygens (including phenoxy) is 2. The number of esters is 1. The Morgan fingerprint density at radius 2 is 1.90 bits per heavy atom. The van der Waals surface area contributed by atoms with Crippen LogP contribution in [0.15, 0.2) is 29.3 Å². The molecule has 8 nitrogen and oxygen atoms in total. The van der Waals surface area contributed by atoms with Gasteiger partial charge in [0.1, 0.15) is 12.1 Å². The molecule has 1 amide bonds. The van der Waals surface area contributed by atoms with Gasteiger partial charge in [-0.15, -0.1) is 0 Å². The SMILES string of the molecule is COC(=O)Cn1cnc2ccc(C3CCN(C(=O)OC(C)(C)C)CC3)cc2c1=O. The number of piperidine rings is 1. The molecule has 0 N–H and O–H groups in total. The van der Waals surface area contributed by atoms with E-state index in [4.69, 9.17) is 4.74 Å². The van der Waals surface area contributed by atoms with Crippen LogP contribution in [0.1, 0.15) is 45.1 Å². The van der Waals surface area contributed by atoms with Crippen LogP contribution < -0.4 is 5.56 Å². The molecule has 1 aliphatic rings. The summed E-state index contributed by atoms with van der Waals surface area (Å²) in [6.45, 7) is 6.61. The molecule has 1 aromatic heterocycles. The molecule has 0 atom stereocenters. The van der Waals surface area contributed by atoms with Crippen LogP contribution in [0.2, 0.25) is 0 Å². The van der Waals surface area contributed by atoms with E-state index in [1.54, 1.807) is 4.90 Å². The highest BCUT2D eigenvalue weighted by Crippen LogP contribution is 2.30. The van der Waals surface area contributed by atoms with Gasteiger partial charge in [-0.05, 0) is 57.2 Å². The first-order chi connectivity index (χ1) is 13.7. The maximum atomic E-state index is 12.7. The van der Waals surface area contributed by atoms with Crippen molar-refractivity contribution >= 4 is 23.0 Å². The molecule has 2 aromatic rings. The number of nitrogens with zero attached hydrogens (tertiary/aromatic N) is 3. The molecule has 29 heavy (non-hydrogen) atoms. The molecule has 0 radical (unpaired) electrons. The van der Waals surface area contributed by atoms with Crippen molar-refractivity contribution in [3.8, 4) is 0 Å². The first-order valence-corrected chi connectivity index (χ1v) is 9.72. The number of likely N-dealkylation sites (tertiary alicyclic amines) is 1. The monoisotopic (exact) mass is 401 g/mol. The zero-order chi connectivity index (χ0) is 21.2. The van der Waals surface area contributed by atoms with Crippen molar-refractivity contribution in [2.75, 3.05) is 20.2 Å². The van der Waals surface area contributed by atoms with Gasteiger partial charge in [0.2, 0.25) is 0 Å². The van der Waals surface area contributed by atoms with Gasteiger partial charge in [0.25, 0.3) is 5.56 Å². The normalized spacial score (nSPS) is 15.4. The Bertz CT molecular complexity index is 968.